The van der Waals surface area contributed by atoms with Crippen LogP contribution in [-0.2, 0) is 23.8 Å². The zero-order valence-electron chi connectivity index (χ0n) is 20.3. The Morgan fingerprint density at radius 1 is 0.765 bits per heavy atom. The van der Waals surface area contributed by atoms with E-state index in [1.165, 1.54) is 5.56 Å². The van der Waals surface area contributed by atoms with Crippen molar-refractivity contribution in [1.29, 1.82) is 0 Å². The van der Waals surface area contributed by atoms with Crippen molar-refractivity contribution in [1.82, 2.24) is 0 Å². The van der Waals surface area contributed by atoms with E-state index in [1.54, 1.807) is 14.2 Å². The van der Waals surface area contributed by atoms with Gasteiger partial charge in [-0.25, -0.2) is 0 Å². The summed E-state index contributed by atoms with van der Waals surface area (Å²) in [5.74, 6) is 0.0870. The maximum absolute atomic E-state index is 12.7. The molecule has 3 rings (SSSR count). The lowest BCUT2D eigenvalue weighted by Gasteiger charge is -2.27. The number of rotatable bonds is 11. The number of hydrogen-bond acceptors (Lipinski definition) is 7. The molecule has 2 aromatic carbocycles. The Hall–Kier alpha value is -3.06. The summed E-state index contributed by atoms with van der Waals surface area (Å²) in [4.78, 5) is 26.9. The number of anilines is 2. The van der Waals surface area contributed by atoms with Crippen molar-refractivity contribution in [2.24, 2.45) is 11.8 Å². The largest absolute Gasteiger partial charge is 0.497 e. The van der Waals surface area contributed by atoms with Crippen molar-refractivity contribution < 1.29 is 28.5 Å². The van der Waals surface area contributed by atoms with Gasteiger partial charge in [-0.2, -0.15) is 0 Å². The zero-order valence-corrected chi connectivity index (χ0v) is 20.3. The van der Waals surface area contributed by atoms with E-state index in [1.807, 2.05) is 24.3 Å². The number of benzene rings is 2. The van der Waals surface area contributed by atoms with Gasteiger partial charge in [0.05, 0.1) is 32.1 Å². The second kappa shape index (κ2) is 13.0. The molecule has 0 spiro atoms. The quantitative estimate of drug-likeness (QED) is 0.349. The van der Waals surface area contributed by atoms with E-state index >= 15 is 0 Å². The number of hydrogen-bond donors (Lipinski definition) is 0. The molecule has 0 heterocycles. The molecule has 1 aliphatic rings. The fourth-order valence-corrected chi connectivity index (χ4v) is 4.16. The highest BCUT2D eigenvalue weighted by Gasteiger charge is 2.31. The summed E-state index contributed by atoms with van der Waals surface area (Å²) < 4.78 is 21.1. The molecular weight excluding hydrogens is 434 g/mol. The van der Waals surface area contributed by atoms with Crippen LogP contribution in [0.1, 0.15) is 31.2 Å². The predicted molar refractivity (Wildman–Crippen MR) is 130 cm³/mol. The summed E-state index contributed by atoms with van der Waals surface area (Å²) in [6.07, 6.45) is 2.58. The lowest BCUT2D eigenvalue weighted by atomic mass is 9.82. The van der Waals surface area contributed by atoms with Gasteiger partial charge in [-0.05, 0) is 69.0 Å². The first-order chi connectivity index (χ1) is 16.5. The van der Waals surface area contributed by atoms with Crippen molar-refractivity contribution in [3.63, 3.8) is 0 Å². The average molecular weight is 470 g/mol. The van der Waals surface area contributed by atoms with Gasteiger partial charge in [-0.15, -0.1) is 0 Å². The Labute approximate surface area is 201 Å². The lowest BCUT2D eigenvalue weighted by Crippen LogP contribution is -2.30. The standard InChI is InChI=1S/C27H35NO6/c1-20-4-10-23(11-5-20)28(24-12-14-25(32-3)15-13-24)16-17-33-26(29)21-6-8-22(9-7-21)27(30)34-19-18-31-2/h4-5,10-15,21-22H,6-9,16-19H2,1-3H3. The highest BCUT2D eigenvalue weighted by Crippen LogP contribution is 2.31. The zero-order chi connectivity index (χ0) is 24.3. The molecule has 7 heteroatoms. The average Bonchev–Trinajstić information content (AvgIpc) is 2.87. The van der Waals surface area contributed by atoms with Gasteiger partial charge in [-0.1, -0.05) is 17.7 Å². The molecule has 0 amide bonds. The van der Waals surface area contributed by atoms with Gasteiger partial charge in [-0.3, -0.25) is 9.59 Å². The molecule has 7 nitrogen and oxygen atoms in total. The van der Waals surface area contributed by atoms with Crippen molar-refractivity contribution in [2.45, 2.75) is 32.6 Å². The Kier molecular flexibility index (Phi) is 9.76. The maximum Gasteiger partial charge on any atom is 0.309 e. The number of methoxy groups -OCH3 is 2. The molecule has 1 aliphatic carbocycles. The monoisotopic (exact) mass is 469 g/mol. The van der Waals surface area contributed by atoms with E-state index < -0.39 is 0 Å². The highest BCUT2D eigenvalue weighted by atomic mass is 16.6. The first kappa shape index (κ1) is 25.6. The summed E-state index contributed by atoms with van der Waals surface area (Å²) in [7, 11) is 3.21. The van der Waals surface area contributed by atoms with Gasteiger partial charge in [0.1, 0.15) is 19.0 Å². The molecule has 184 valence electrons. The third-order valence-electron chi connectivity index (χ3n) is 6.21. The van der Waals surface area contributed by atoms with Gasteiger partial charge in [0, 0.05) is 18.5 Å². The molecule has 0 saturated heterocycles. The third kappa shape index (κ3) is 7.22. The van der Waals surface area contributed by atoms with Crippen LogP contribution in [0.5, 0.6) is 5.75 Å². The van der Waals surface area contributed by atoms with Crippen molar-refractivity contribution >= 4 is 23.3 Å². The molecule has 1 fully saturated rings. The molecule has 0 radical (unpaired) electrons. The Morgan fingerprint density at radius 2 is 1.26 bits per heavy atom. The smallest absolute Gasteiger partial charge is 0.309 e. The third-order valence-corrected chi connectivity index (χ3v) is 6.21. The SMILES string of the molecule is COCCOC(=O)C1CCC(C(=O)OCCN(c2ccc(C)cc2)c2ccc(OC)cc2)CC1. The molecular formula is C27H35NO6. The number of aryl methyl sites for hydroxylation is 1. The van der Waals surface area contributed by atoms with Gasteiger partial charge in [0.25, 0.3) is 0 Å². The molecule has 2 aromatic rings. The Morgan fingerprint density at radius 3 is 1.76 bits per heavy atom. The van der Waals surface area contributed by atoms with E-state index in [4.69, 9.17) is 18.9 Å². The predicted octanol–water partition coefficient (Wildman–Crippen LogP) is 4.68. The minimum absolute atomic E-state index is 0.145. The van der Waals surface area contributed by atoms with Gasteiger partial charge in [0.15, 0.2) is 0 Å². The normalized spacial score (nSPS) is 17.6. The Balaban J connectivity index is 1.52. The second-order valence-corrected chi connectivity index (χ2v) is 8.56. The van der Waals surface area contributed by atoms with Crippen LogP contribution in [0.15, 0.2) is 48.5 Å². The number of carbonyl (C=O) groups is 2. The highest BCUT2D eigenvalue weighted by molar-refractivity contribution is 5.75. The molecule has 1 saturated carbocycles. The van der Waals surface area contributed by atoms with E-state index in [-0.39, 0.29) is 37.0 Å². The van der Waals surface area contributed by atoms with E-state index in [2.05, 4.69) is 36.1 Å². The first-order valence-electron chi connectivity index (χ1n) is 11.8. The van der Waals surface area contributed by atoms with Gasteiger partial charge in [0.2, 0.25) is 0 Å². The van der Waals surface area contributed by atoms with E-state index in [0.29, 0.717) is 38.8 Å². The van der Waals surface area contributed by atoms with Gasteiger partial charge >= 0.3 is 11.9 Å². The van der Waals surface area contributed by atoms with Crippen LogP contribution in [0.25, 0.3) is 0 Å². The lowest BCUT2D eigenvalue weighted by molar-refractivity contribution is -0.155. The van der Waals surface area contributed by atoms with Crippen LogP contribution in [-0.4, -0.2) is 52.5 Å². The summed E-state index contributed by atoms with van der Waals surface area (Å²) >= 11 is 0. The number of esters is 2. The second-order valence-electron chi connectivity index (χ2n) is 8.56. The van der Waals surface area contributed by atoms with Crippen molar-refractivity contribution in [2.75, 3.05) is 45.5 Å². The van der Waals surface area contributed by atoms with Crippen LogP contribution >= 0.6 is 0 Å². The molecule has 0 atom stereocenters. The number of ether oxygens (including phenoxy) is 4. The molecule has 0 N–H and O–H groups in total. The van der Waals surface area contributed by atoms with Crippen LogP contribution in [0.4, 0.5) is 11.4 Å². The fourth-order valence-electron chi connectivity index (χ4n) is 4.16. The van der Waals surface area contributed by atoms with Crippen molar-refractivity contribution in [3.05, 3.63) is 54.1 Å². The van der Waals surface area contributed by atoms with Crippen LogP contribution in [0, 0.1) is 18.8 Å². The summed E-state index contributed by atoms with van der Waals surface area (Å²) in [6.45, 7) is 3.52. The van der Waals surface area contributed by atoms with Crippen molar-refractivity contribution in [3.8, 4) is 5.75 Å². The van der Waals surface area contributed by atoms with E-state index in [0.717, 1.165) is 17.1 Å². The van der Waals surface area contributed by atoms with E-state index in [9.17, 15) is 9.59 Å². The minimum atomic E-state index is -0.197. The molecule has 0 aliphatic heterocycles. The fraction of sp³-hybridized carbons (Fsp3) is 0.481. The number of nitrogens with zero attached hydrogens (tertiary/aromatic N) is 1. The number of carbonyl (C=O) groups excluding carboxylic acids is 2. The Bertz CT molecular complexity index is 904. The maximum atomic E-state index is 12.7. The molecule has 0 bridgehead atoms. The first-order valence-corrected chi connectivity index (χ1v) is 11.8. The van der Waals surface area contributed by atoms with Crippen LogP contribution in [0.3, 0.4) is 0 Å². The van der Waals surface area contributed by atoms with Crippen LogP contribution in [0.2, 0.25) is 0 Å². The van der Waals surface area contributed by atoms with Crippen LogP contribution < -0.4 is 9.64 Å². The molecule has 0 unspecified atom stereocenters. The molecule has 34 heavy (non-hydrogen) atoms. The summed E-state index contributed by atoms with van der Waals surface area (Å²) in [5.41, 5.74) is 3.20. The topological polar surface area (TPSA) is 74.3 Å². The molecule has 0 aromatic heterocycles. The minimum Gasteiger partial charge on any atom is -0.497 e. The summed E-state index contributed by atoms with van der Waals surface area (Å²) in [6, 6.07) is 16.1. The van der Waals surface area contributed by atoms with Gasteiger partial charge < -0.3 is 23.8 Å². The summed E-state index contributed by atoms with van der Waals surface area (Å²) in [5, 5.41) is 0.